The van der Waals surface area contributed by atoms with Crippen LogP contribution in [0.2, 0.25) is 0 Å². The van der Waals surface area contributed by atoms with Crippen LogP contribution in [0.3, 0.4) is 0 Å². The number of fused-ring (bicyclic) bond motifs is 1. The maximum atomic E-state index is 12.6. The van der Waals surface area contributed by atoms with Gasteiger partial charge in [-0.25, -0.2) is 4.79 Å². The van der Waals surface area contributed by atoms with Crippen molar-refractivity contribution in [2.75, 3.05) is 7.11 Å². The predicted octanol–water partition coefficient (Wildman–Crippen LogP) is 1.55. The monoisotopic (exact) mass is 353 g/mol. The Morgan fingerprint density at radius 1 is 1.12 bits per heavy atom. The molecular weight excluding hydrogens is 338 g/mol. The Morgan fingerprint density at radius 2 is 1.77 bits per heavy atom. The van der Waals surface area contributed by atoms with Gasteiger partial charge in [-0.05, 0) is 11.6 Å². The highest BCUT2D eigenvalue weighted by molar-refractivity contribution is 5.96. The Kier molecular flexibility index (Phi) is 4.66. The normalized spacial score (nSPS) is 11.7. The molecule has 1 N–H and O–H groups in total. The van der Waals surface area contributed by atoms with Crippen LogP contribution in [0.25, 0.3) is 11.0 Å². The van der Waals surface area contributed by atoms with Crippen molar-refractivity contribution in [2.45, 2.75) is 6.04 Å². The smallest absolute Gasteiger partial charge is 0.333 e. The minimum absolute atomic E-state index is 0.0458. The van der Waals surface area contributed by atoms with Gasteiger partial charge in [-0.15, -0.1) is 0 Å². The Bertz CT molecular complexity index is 1030. The summed E-state index contributed by atoms with van der Waals surface area (Å²) in [5.41, 5.74) is 0.237. The van der Waals surface area contributed by atoms with Gasteiger partial charge in [0.25, 0.3) is 17.6 Å². The molecule has 1 atom stereocenters. The van der Waals surface area contributed by atoms with E-state index in [1.54, 1.807) is 42.5 Å². The summed E-state index contributed by atoms with van der Waals surface area (Å²) in [7, 11) is 1.19. The van der Waals surface area contributed by atoms with Crippen molar-refractivity contribution in [3.63, 3.8) is 0 Å². The highest BCUT2D eigenvalue weighted by atomic mass is 16.5. The van der Waals surface area contributed by atoms with Gasteiger partial charge >= 0.3 is 5.97 Å². The third-order valence-electron chi connectivity index (χ3n) is 3.87. The molecule has 0 saturated heterocycles. The van der Waals surface area contributed by atoms with Crippen LogP contribution in [0, 0.1) is 10.1 Å². The second-order valence-electron chi connectivity index (χ2n) is 5.46. The summed E-state index contributed by atoms with van der Waals surface area (Å²) in [5.74, 6) is -1.56. The van der Waals surface area contributed by atoms with Crippen LogP contribution >= 0.6 is 0 Å². The van der Waals surface area contributed by atoms with Gasteiger partial charge in [0.15, 0.2) is 11.7 Å². The number of aromatic nitrogens is 2. The molecule has 0 aliphatic heterocycles. The molecule has 0 bridgehead atoms. The molecule has 1 unspecified atom stereocenters. The number of carbonyl (C=O) groups is 2. The summed E-state index contributed by atoms with van der Waals surface area (Å²) >= 11 is 0. The number of amides is 1. The van der Waals surface area contributed by atoms with Crippen molar-refractivity contribution in [3.8, 4) is 0 Å². The summed E-state index contributed by atoms with van der Waals surface area (Å²) in [6.45, 7) is 0. The topological polar surface area (TPSA) is 106 Å². The lowest BCUT2D eigenvalue weighted by Gasteiger charge is -2.20. The molecule has 0 aliphatic carbocycles. The van der Waals surface area contributed by atoms with Crippen molar-refractivity contribution in [1.82, 2.24) is 10.0 Å². The average Bonchev–Trinajstić information content (AvgIpc) is 2.68. The minimum atomic E-state index is -1.11. The number of rotatable bonds is 4. The van der Waals surface area contributed by atoms with Crippen LogP contribution in [0.5, 0.6) is 0 Å². The van der Waals surface area contributed by atoms with Crippen LogP contribution < -0.4 is 9.74 Å². The number of nitrogens with one attached hydrogen (secondary N) is 1. The molecule has 8 heteroatoms. The fourth-order valence-corrected chi connectivity index (χ4v) is 2.58. The van der Waals surface area contributed by atoms with Crippen molar-refractivity contribution >= 4 is 22.9 Å². The zero-order valence-corrected chi connectivity index (χ0v) is 13.8. The Morgan fingerprint density at radius 3 is 2.46 bits per heavy atom. The number of esters is 1. The molecule has 2 aromatic carbocycles. The summed E-state index contributed by atoms with van der Waals surface area (Å²) < 4.78 is 5.52. The number of hydrogen-bond acceptors (Lipinski definition) is 5. The summed E-state index contributed by atoms with van der Waals surface area (Å²) in [6.07, 6.45) is 0.879. The van der Waals surface area contributed by atoms with Gasteiger partial charge in [0.05, 0.1) is 11.5 Å². The van der Waals surface area contributed by atoms with E-state index < -0.39 is 23.6 Å². The van der Waals surface area contributed by atoms with Crippen molar-refractivity contribution in [2.24, 2.45) is 0 Å². The average molecular weight is 353 g/mol. The van der Waals surface area contributed by atoms with Gasteiger partial charge in [-0.2, -0.15) is 0 Å². The third kappa shape index (κ3) is 3.12. The third-order valence-corrected chi connectivity index (χ3v) is 3.87. The standard InChI is InChI=1S/C18H15N3O5/c1-26-18(23)16(12-7-3-2-4-8-12)19-17(22)15-11-20(24)13-9-5-6-10-14(13)21(15)25/h2-11,16H,1H3,(H,19,22). The van der Waals surface area contributed by atoms with Crippen molar-refractivity contribution in [1.29, 1.82) is 0 Å². The van der Waals surface area contributed by atoms with E-state index in [1.807, 2.05) is 0 Å². The molecule has 26 heavy (non-hydrogen) atoms. The van der Waals surface area contributed by atoms with Gasteiger partial charge < -0.3 is 20.0 Å². The molecule has 132 valence electrons. The molecule has 0 aliphatic rings. The second-order valence-corrected chi connectivity index (χ2v) is 5.46. The highest BCUT2D eigenvalue weighted by Gasteiger charge is 2.26. The number of nitrogens with zero attached hydrogens (tertiary/aromatic N) is 2. The van der Waals surface area contributed by atoms with Crippen LogP contribution in [-0.2, 0) is 9.53 Å². The maximum absolute atomic E-state index is 12.6. The molecule has 1 aromatic heterocycles. The van der Waals surface area contributed by atoms with E-state index in [4.69, 9.17) is 4.74 Å². The lowest BCUT2D eigenvalue weighted by molar-refractivity contribution is -0.464. The zero-order valence-electron chi connectivity index (χ0n) is 13.8. The SMILES string of the molecule is COC(=O)C(NC(=O)c1c[n+](=O)c2ccccc2n1[O-])c1ccccc1. The fraction of sp³-hybridized carbons (Fsp3) is 0.111. The number of methoxy groups -OCH3 is 1. The van der Waals surface area contributed by atoms with E-state index in [9.17, 15) is 19.7 Å². The molecule has 0 spiro atoms. The quantitative estimate of drug-likeness (QED) is 0.566. The number of ether oxygens (including phenoxy) is 1. The van der Waals surface area contributed by atoms with Crippen molar-refractivity contribution in [3.05, 3.63) is 82.2 Å². The van der Waals surface area contributed by atoms with Crippen molar-refractivity contribution < 1.29 is 18.8 Å². The molecule has 3 aromatic rings. The van der Waals surface area contributed by atoms with Gasteiger partial charge in [0.2, 0.25) is 0 Å². The first-order valence-corrected chi connectivity index (χ1v) is 7.71. The van der Waals surface area contributed by atoms with Crippen LogP contribution in [-0.4, -0.2) is 23.7 Å². The second kappa shape index (κ2) is 7.06. The number of carbonyl (C=O) groups excluding carboxylic acids is 2. The minimum Gasteiger partial charge on any atom is -0.805 e. The lowest BCUT2D eigenvalue weighted by Crippen LogP contribution is -2.37. The first kappa shape index (κ1) is 17.2. The summed E-state index contributed by atoms with van der Waals surface area (Å²) in [6, 6.07) is 13.4. The van der Waals surface area contributed by atoms with Gasteiger partial charge in [0.1, 0.15) is 5.52 Å². The van der Waals surface area contributed by atoms with Gasteiger partial charge in [0, 0.05) is 11.0 Å². The van der Waals surface area contributed by atoms with Gasteiger partial charge in [-0.1, -0.05) is 42.5 Å². The van der Waals surface area contributed by atoms with E-state index in [2.05, 4.69) is 5.32 Å². The molecule has 1 amide bonds. The molecular formula is C18H15N3O5. The molecule has 1 heterocycles. The van der Waals surface area contributed by atoms with E-state index in [0.29, 0.717) is 14.7 Å². The number of benzene rings is 2. The largest absolute Gasteiger partial charge is 0.805 e. The fourth-order valence-electron chi connectivity index (χ4n) is 2.58. The molecule has 8 nitrogen and oxygen atoms in total. The van der Waals surface area contributed by atoms with E-state index in [0.717, 1.165) is 6.20 Å². The number of para-hydroxylation sites is 2. The molecule has 0 fully saturated rings. The Balaban J connectivity index is 2.01. The summed E-state index contributed by atoms with van der Waals surface area (Å²) in [4.78, 5) is 36.7. The van der Waals surface area contributed by atoms with Crippen LogP contribution in [0.15, 0.2) is 60.8 Å². The van der Waals surface area contributed by atoms with E-state index in [-0.39, 0.29) is 11.0 Å². The molecule has 0 saturated carbocycles. The maximum Gasteiger partial charge on any atom is 0.333 e. The summed E-state index contributed by atoms with van der Waals surface area (Å²) in [5, 5.41) is 14.9. The van der Waals surface area contributed by atoms with E-state index in [1.165, 1.54) is 19.2 Å². The van der Waals surface area contributed by atoms with Gasteiger partial charge in [-0.3, -0.25) is 4.79 Å². The molecule has 3 rings (SSSR count). The van der Waals surface area contributed by atoms with Crippen LogP contribution in [0.4, 0.5) is 0 Å². The first-order valence-electron chi connectivity index (χ1n) is 7.71. The first-order chi connectivity index (χ1) is 12.5. The zero-order chi connectivity index (χ0) is 18.7. The Hall–Kier alpha value is -3.68. The van der Waals surface area contributed by atoms with Crippen LogP contribution in [0.1, 0.15) is 22.1 Å². The highest BCUT2D eigenvalue weighted by Crippen LogP contribution is 2.16. The Labute approximate surface area is 147 Å². The lowest BCUT2D eigenvalue weighted by atomic mass is 10.1. The number of hydrogen-bond donors (Lipinski definition) is 1. The predicted molar refractivity (Wildman–Crippen MR) is 92.7 cm³/mol. The van der Waals surface area contributed by atoms with E-state index >= 15 is 0 Å². The molecule has 0 radical (unpaired) electrons.